The van der Waals surface area contributed by atoms with Gasteiger partial charge in [-0.05, 0) is 36.6 Å². The van der Waals surface area contributed by atoms with Gasteiger partial charge >= 0.3 is 0 Å². The zero-order chi connectivity index (χ0) is 15.4. The van der Waals surface area contributed by atoms with Gasteiger partial charge in [-0.2, -0.15) is 0 Å². The molecule has 1 atom stereocenters. The van der Waals surface area contributed by atoms with E-state index >= 15 is 0 Å². The maximum absolute atomic E-state index is 11.8. The van der Waals surface area contributed by atoms with E-state index in [1.54, 1.807) is 6.07 Å². The second-order valence-corrected chi connectivity index (χ2v) is 5.69. The molecule has 0 aromatic heterocycles. The fourth-order valence-electron chi connectivity index (χ4n) is 2.65. The summed E-state index contributed by atoms with van der Waals surface area (Å²) in [4.78, 5) is 23.1. The standard InChI is InChI=1S/C16H20N2O4/c19-15-4-1-12-7-13(2-3-14(12)18-15)22-10-16(20)17-8-11-5-6-21-9-11/h2-3,7,11H,1,4-6,8-10H2,(H,17,20)(H,18,19). The van der Waals surface area contributed by atoms with Gasteiger partial charge in [0.2, 0.25) is 5.91 Å². The quantitative estimate of drug-likeness (QED) is 0.854. The van der Waals surface area contributed by atoms with Crippen LogP contribution < -0.4 is 15.4 Å². The molecule has 0 aliphatic carbocycles. The van der Waals surface area contributed by atoms with Gasteiger partial charge in [0.1, 0.15) is 5.75 Å². The van der Waals surface area contributed by atoms with Gasteiger partial charge in [0.05, 0.1) is 6.61 Å². The SMILES string of the molecule is O=C(COc1ccc2c(c1)CCC(=O)N2)NCC1CCOC1. The summed E-state index contributed by atoms with van der Waals surface area (Å²) in [5.41, 5.74) is 1.87. The minimum Gasteiger partial charge on any atom is -0.484 e. The number of carbonyl (C=O) groups excluding carboxylic acids is 2. The molecule has 6 nitrogen and oxygen atoms in total. The first-order valence-electron chi connectivity index (χ1n) is 7.61. The predicted octanol–water partition coefficient (Wildman–Crippen LogP) is 1.10. The van der Waals surface area contributed by atoms with Crippen LogP contribution in [0.25, 0.3) is 0 Å². The van der Waals surface area contributed by atoms with Crippen molar-refractivity contribution in [2.75, 3.05) is 31.7 Å². The van der Waals surface area contributed by atoms with E-state index in [2.05, 4.69) is 10.6 Å². The molecule has 2 N–H and O–H groups in total. The average molecular weight is 304 g/mol. The largest absolute Gasteiger partial charge is 0.484 e. The highest BCUT2D eigenvalue weighted by atomic mass is 16.5. The van der Waals surface area contributed by atoms with Gasteiger partial charge in [0, 0.05) is 31.2 Å². The number of rotatable bonds is 5. The molecule has 0 spiro atoms. The van der Waals surface area contributed by atoms with Crippen molar-refractivity contribution in [2.24, 2.45) is 5.92 Å². The monoisotopic (exact) mass is 304 g/mol. The maximum atomic E-state index is 11.8. The lowest BCUT2D eigenvalue weighted by molar-refractivity contribution is -0.123. The van der Waals surface area contributed by atoms with Crippen LogP contribution >= 0.6 is 0 Å². The second kappa shape index (κ2) is 6.79. The Labute approximate surface area is 129 Å². The zero-order valence-electron chi connectivity index (χ0n) is 12.4. The Kier molecular flexibility index (Phi) is 4.58. The molecule has 1 aromatic rings. The summed E-state index contributed by atoms with van der Waals surface area (Å²) in [7, 11) is 0. The first kappa shape index (κ1) is 14.8. The minimum absolute atomic E-state index is 0.00127. The molecule has 3 rings (SSSR count). The summed E-state index contributed by atoms with van der Waals surface area (Å²) in [6, 6.07) is 5.46. The van der Waals surface area contributed by atoms with Crippen molar-refractivity contribution in [1.82, 2.24) is 5.32 Å². The van der Waals surface area contributed by atoms with Crippen molar-refractivity contribution in [3.05, 3.63) is 23.8 Å². The van der Waals surface area contributed by atoms with Gasteiger partial charge in [-0.25, -0.2) is 0 Å². The van der Waals surface area contributed by atoms with Gasteiger partial charge in [-0.15, -0.1) is 0 Å². The predicted molar refractivity (Wildman–Crippen MR) is 80.8 cm³/mol. The maximum Gasteiger partial charge on any atom is 0.257 e. The van der Waals surface area contributed by atoms with Gasteiger partial charge in [0.15, 0.2) is 6.61 Å². The molecule has 22 heavy (non-hydrogen) atoms. The molecule has 2 heterocycles. The molecular formula is C16H20N2O4. The van der Waals surface area contributed by atoms with Crippen LogP contribution in [0.5, 0.6) is 5.75 Å². The van der Waals surface area contributed by atoms with E-state index in [1.807, 2.05) is 12.1 Å². The van der Waals surface area contributed by atoms with Crippen LogP contribution in [-0.4, -0.2) is 38.2 Å². The Morgan fingerprint density at radius 3 is 3.14 bits per heavy atom. The van der Waals surface area contributed by atoms with Gasteiger partial charge < -0.3 is 20.1 Å². The topological polar surface area (TPSA) is 76.7 Å². The normalized spacial score (nSPS) is 20.2. The van der Waals surface area contributed by atoms with E-state index < -0.39 is 0 Å². The molecule has 1 unspecified atom stereocenters. The van der Waals surface area contributed by atoms with E-state index in [-0.39, 0.29) is 18.4 Å². The first-order valence-corrected chi connectivity index (χ1v) is 7.61. The highest BCUT2D eigenvalue weighted by Gasteiger charge is 2.17. The molecule has 0 saturated carbocycles. The lowest BCUT2D eigenvalue weighted by atomic mass is 10.0. The summed E-state index contributed by atoms with van der Waals surface area (Å²) >= 11 is 0. The summed E-state index contributed by atoms with van der Waals surface area (Å²) in [6.07, 6.45) is 2.18. The van der Waals surface area contributed by atoms with Crippen molar-refractivity contribution in [3.8, 4) is 5.75 Å². The smallest absolute Gasteiger partial charge is 0.257 e. The van der Waals surface area contributed by atoms with Gasteiger partial charge in [0.25, 0.3) is 5.91 Å². The Balaban J connectivity index is 1.46. The number of amides is 2. The molecule has 0 bridgehead atoms. The van der Waals surface area contributed by atoms with E-state index in [9.17, 15) is 9.59 Å². The number of carbonyl (C=O) groups is 2. The highest BCUT2D eigenvalue weighted by Crippen LogP contribution is 2.26. The Bertz CT molecular complexity index is 567. The van der Waals surface area contributed by atoms with Crippen molar-refractivity contribution in [3.63, 3.8) is 0 Å². The first-order chi connectivity index (χ1) is 10.7. The molecule has 0 radical (unpaired) electrons. The molecule has 118 valence electrons. The second-order valence-electron chi connectivity index (χ2n) is 5.69. The van der Waals surface area contributed by atoms with Gasteiger partial charge in [-0.3, -0.25) is 9.59 Å². The third-order valence-electron chi connectivity index (χ3n) is 3.95. The van der Waals surface area contributed by atoms with E-state index in [1.165, 1.54) is 0 Å². The molecule has 6 heteroatoms. The number of benzene rings is 1. The molecule has 1 saturated heterocycles. The van der Waals surface area contributed by atoms with Crippen molar-refractivity contribution in [2.45, 2.75) is 19.3 Å². The number of anilines is 1. The number of aryl methyl sites for hydroxylation is 1. The molecule has 1 aromatic carbocycles. The van der Waals surface area contributed by atoms with Crippen LogP contribution in [0.15, 0.2) is 18.2 Å². The van der Waals surface area contributed by atoms with E-state index in [4.69, 9.17) is 9.47 Å². The van der Waals surface area contributed by atoms with Crippen LogP contribution in [0.4, 0.5) is 5.69 Å². The number of hydrogen-bond donors (Lipinski definition) is 2. The van der Waals surface area contributed by atoms with Crippen LogP contribution in [0.1, 0.15) is 18.4 Å². The number of hydrogen-bond acceptors (Lipinski definition) is 4. The van der Waals surface area contributed by atoms with Crippen molar-refractivity contribution < 1.29 is 19.1 Å². The van der Waals surface area contributed by atoms with Crippen LogP contribution in [0.3, 0.4) is 0 Å². The van der Waals surface area contributed by atoms with Crippen LogP contribution in [-0.2, 0) is 20.7 Å². The third-order valence-corrected chi connectivity index (χ3v) is 3.95. The number of fused-ring (bicyclic) bond motifs is 1. The van der Waals surface area contributed by atoms with E-state index in [0.29, 0.717) is 31.1 Å². The number of ether oxygens (including phenoxy) is 2. The third kappa shape index (κ3) is 3.76. The Hall–Kier alpha value is -2.08. The fourth-order valence-corrected chi connectivity index (χ4v) is 2.65. The summed E-state index contributed by atoms with van der Waals surface area (Å²) in [5, 5.41) is 5.68. The summed E-state index contributed by atoms with van der Waals surface area (Å²) < 4.78 is 10.8. The van der Waals surface area contributed by atoms with Crippen molar-refractivity contribution in [1.29, 1.82) is 0 Å². The fraction of sp³-hybridized carbons (Fsp3) is 0.500. The summed E-state index contributed by atoms with van der Waals surface area (Å²) in [6.45, 7) is 2.14. The van der Waals surface area contributed by atoms with Gasteiger partial charge in [-0.1, -0.05) is 0 Å². The highest BCUT2D eigenvalue weighted by molar-refractivity contribution is 5.94. The van der Waals surface area contributed by atoms with Crippen molar-refractivity contribution >= 4 is 17.5 Å². The number of nitrogens with one attached hydrogen (secondary N) is 2. The molecule has 2 aliphatic heterocycles. The van der Waals surface area contributed by atoms with E-state index in [0.717, 1.165) is 30.9 Å². The Morgan fingerprint density at radius 1 is 1.41 bits per heavy atom. The zero-order valence-corrected chi connectivity index (χ0v) is 12.4. The minimum atomic E-state index is -0.127. The molecule has 2 aliphatic rings. The Morgan fingerprint density at radius 2 is 2.32 bits per heavy atom. The average Bonchev–Trinajstić information content (AvgIpc) is 3.04. The lowest BCUT2D eigenvalue weighted by Gasteiger charge is -2.17. The van der Waals surface area contributed by atoms with Crippen LogP contribution in [0, 0.1) is 5.92 Å². The van der Waals surface area contributed by atoms with Crippen LogP contribution in [0.2, 0.25) is 0 Å². The molecule has 2 amide bonds. The molecule has 1 fully saturated rings. The lowest BCUT2D eigenvalue weighted by Crippen LogP contribution is -2.33. The molecular weight excluding hydrogens is 284 g/mol. The summed E-state index contributed by atoms with van der Waals surface area (Å²) in [5.74, 6) is 0.972.